The zero-order chi connectivity index (χ0) is 27.8. The van der Waals surface area contributed by atoms with Crippen molar-refractivity contribution < 1.29 is 39.6 Å². The average Bonchev–Trinajstić information content (AvgIpc) is 2.74. The molecule has 0 aliphatic heterocycles. The summed E-state index contributed by atoms with van der Waals surface area (Å²) in [5, 5.41) is 44.6. The maximum absolute atomic E-state index is 13.7. The number of primary amides is 1. The Morgan fingerprint density at radius 1 is 1.14 bits per heavy atom. The number of anilines is 1. The number of phenolic OH excluding ortho intramolecular Hbond substituents is 1. The van der Waals surface area contributed by atoms with Crippen molar-refractivity contribution >= 4 is 34.7 Å². The first-order valence-electron chi connectivity index (χ1n) is 12.1. The predicted octanol–water partition coefficient (Wildman–Crippen LogP) is 2.11. The normalized spacial score (nSPS) is 25.5. The number of carbonyl (C=O) groups is 4. The molecular formula is C27H32N2O8. The molecule has 0 aromatic heterocycles. The summed E-state index contributed by atoms with van der Waals surface area (Å²) in [6.45, 7) is 5.64. The Hall–Kier alpha value is -3.66. The molecule has 4 rings (SSSR count). The Labute approximate surface area is 214 Å². The average molecular weight is 513 g/mol. The van der Waals surface area contributed by atoms with E-state index in [0.717, 1.165) is 0 Å². The van der Waals surface area contributed by atoms with E-state index < -0.39 is 57.8 Å². The highest BCUT2D eigenvalue weighted by Gasteiger charge is 2.60. The van der Waals surface area contributed by atoms with Crippen LogP contribution in [0.15, 0.2) is 23.0 Å². The highest BCUT2D eigenvalue weighted by molar-refractivity contribution is 6.22. The molecular weight excluding hydrogens is 480 g/mol. The smallest absolute Gasteiger partial charge is 0.255 e. The maximum atomic E-state index is 13.7. The molecule has 0 spiro atoms. The summed E-state index contributed by atoms with van der Waals surface area (Å²) in [7, 11) is 3.50. The van der Waals surface area contributed by atoms with Crippen molar-refractivity contribution in [2.24, 2.45) is 23.0 Å². The van der Waals surface area contributed by atoms with Crippen LogP contribution >= 0.6 is 0 Å². The SMILES string of the molecule is CN(C)c1cc(C(=O)CC(C)(C)C)c(O)c2c1C[C@H]1C[C@H]3CC(=O)C(C(N)=O)=C(O)[C@@]3(O)C(=O)C1=C2O. The maximum Gasteiger partial charge on any atom is 0.255 e. The van der Waals surface area contributed by atoms with Crippen molar-refractivity contribution in [1.82, 2.24) is 0 Å². The highest BCUT2D eigenvalue weighted by Crippen LogP contribution is 2.53. The third-order valence-electron chi connectivity index (χ3n) is 7.51. The fourth-order valence-corrected chi connectivity index (χ4v) is 5.86. The molecule has 0 heterocycles. The van der Waals surface area contributed by atoms with E-state index in [9.17, 15) is 39.6 Å². The summed E-state index contributed by atoms with van der Waals surface area (Å²) >= 11 is 0. The molecule has 1 saturated carbocycles. The van der Waals surface area contributed by atoms with Gasteiger partial charge in [-0.15, -0.1) is 0 Å². The topological polar surface area (TPSA) is 178 Å². The fourth-order valence-electron chi connectivity index (χ4n) is 5.86. The second-order valence-corrected chi connectivity index (χ2v) is 11.6. The Morgan fingerprint density at radius 3 is 2.30 bits per heavy atom. The van der Waals surface area contributed by atoms with Crippen LogP contribution in [0.25, 0.3) is 5.76 Å². The molecule has 10 nitrogen and oxygen atoms in total. The molecule has 0 saturated heterocycles. The number of nitrogens with two attached hydrogens (primary N) is 1. The minimum Gasteiger partial charge on any atom is -0.508 e. The van der Waals surface area contributed by atoms with Gasteiger partial charge in [-0.3, -0.25) is 19.2 Å². The molecule has 37 heavy (non-hydrogen) atoms. The van der Waals surface area contributed by atoms with Gasteiger partial charge in [0.1, 0.15) is 22.8 Å². The zero-order valence-corrected chi connectivity index (χ0v) is 21.5. The highest BCUT2D eigenvalue weighted by atomic mass is 16.3. The number of aromatic hydroxyl groups is 1. The van der Waals surface area contributed by atoms with Crippen molar-refractivity contribution in [3.05, 3.63) is 39.7 Å². The van der Waals surface area contributed by atoms with Crippen molar-refractivity contribution in [1.29, 1.82) is 0 Å². The summed E-state index contributed by atoms with van der Waals surface area (Å²) in [4.78, 5) is 52.8. The number of amides is 1. The summed E-state index contributed by atoms with van der Waals surface area (Å²) in [6, 6.07) is 1.57. The molecule has 0 unspecified atom stereocenters. The number of fused-ring (bicyclic) bond motifs is 3. The molecule has 1 aromatic carbocycles. The van der Waals surface area contributed by atoms with Gasteiger partial charge in [0.05, 0.1) is 11.1 Å². The van der Waals surface area contributed by atoms with E-state index in [2.05, 4.69) is 0 Å². The Morgan fingerprint density at radius 2 is 1.76 bits per heavy atom. The van der Waals surface area contributed by atoms with Gasteiger partial charge >= 0.3 is 0 Å². The lowest BCUT2D eigenvalue weighted by molar-refractivity contribution is -0.147. The summed E-state index contributed by atoms with van der Waals surface area (Å²) in [5.74, 6) is -7.35. The molecule has 10 heteroatoms. The van der Waals surface area contributed by atoms with Crippen LogP contribution in [0.2, 0.25) is 0 Å². The summed E-state index contributed by atoms with van der Waals surface area (Å²) in [5.41, 5.74) is 2.13. The molecule has 3 aliphatic rings. The van der Waals surface area contributed by atoms with Crippen LogP contribution in [0.1, 0.15) is 61.5 Å². The van der Waals surface area contributed by atoms with Gasteiger partial charge in [-0.1, -0.05) is 20.8 Å². The second kappa shape index (κ2) is 8.44. The Kier molecular flexibility index (Phi) is 6.02. The monoisotopic (exact) mass is 512 g/mol. The van der Waals surface area contributed by atoms with E-state index in [0.29, 0.717) is 11.3 Å². The van der Waals surface area contributed by atoms with E-state index in [1.54, 1.807) is 25.1 Å². The van der Waals surface area contributed by atoms with Gasteiger partial charge in [-0.05, 0) is 35.8 Å². The van der Waals surface area contributed by atoms with Gasteiger partial charge < -0.3 is 31.1 Å². The second-order valence-electron chi connectivity index (χ2n) is 11.6. The molecule has 3 aliphatic carbocycles. The van der Waals surface area contributed by atoms with Gasteiger partial charge in [-0.25, -0.2) is 0 Å². The Bertz CT molecular complexity index is 1330. The Balaban J connectivity index is 1.95. The lowest BCUT2D eigenvalue weighted by Gasteiger charge is -2.46. The number of hydrogen-bond donors (Lipinski definition) is 5. The molecule has 1 amide bonds. The number of nitrogens with zero attached hydrogens (tertiary/aromatic N) is 1. The summed E-state index contributed by atoms with van der Waals surface area (Å²) < 4.78 is 0. The third-order valence-corrected chi connectivity index (χ3v) is 7.51. The molecule has 1 fully saturated rings. The van der Waals surface area contributed by atoms with Gasteiger partial charge in [-0.2, -0.15) is 0 Å². The first kappa shape index (κ1) is 26.4. The quantitative estimate of drug-likeness (QED) is 0.298. The number of aliphatic hydroxyl groups excluding tert-OH is 2. The lowest BCUT2D eigenvalue weighted by Crippen LogP contribution is -2.58. The molecule has 1 aromatic rings. The summed E-state index contributed by atoms with van der Waals surface area (Å²) in [6.07, 6.45) is -0.0480. The number of carbonyl (C=O) groups excluding carboxylic acids is 4. The number of Topliss-reactive ketones (excluding diaryl/α,β-unsaturated/α-hetero) is 3. The van der Waals surface area contributed by atoms with Crippen molar-refractivity contribution in [2.45, 2.75) is 52.1 Å². The molecule has 198 valence electrons. The minimum atomic E-state index is -2.63. The number of aliphatic hydroxyl groups is 3. The minimum absolute atomic E-state index is 0.00941. The fraction of sp³-hybridized carbons (Fsp3) is 0.481. The number of benzene rings is 1. The predicted molar refractivity (Wildman–Crippen MR) is 134 cm³/mol. The van der Waals surface area contributed by atoms with Crippen molar-refractivity contribution in [2.75, 3.05) is 19.0 Å². The molecule has 6 N–H and O–H groups in total. The molecule has 0 bridgehead atoms. The van der Waals surface area contributed by atoms with Gasteiger partial charge in [0.15, 0.2) is 17.2 Å². The van der Waals surface area contributed by atoms with Crippen molar-refractivity contribution in [3.63, 3.8) is 0 Å². The van der Waals surface area contributed by atoms with E-state index in [4.69, 9.17) is 5.73 Å². The van der Waals surface area contributed by atoms with Crippen LogP contribution in [0.4, 0.5) is 5.69 Å². The van der Waals surface area contributed by atoms with E-state index in [1.165, 1.54) is 0 Å². The number of ketones is 3. The molecule has 0 radical (unpaired) electrons. The lowest BCUT2D eigenvalue weighted by atomic mass is 9.59. The first-order valence-corrected chi connectivity index (χ1v) is 12.1. The largest absolute Gasteiger partial charge is 0.508 e. The van der Waals surface area contributed by atoms with Crippen LogP contribution < -0.4 is 10.6 Å². The number of phenols is 1. The van der Waals surface area contributed by atoms with Crippen LogP contribution in [0.5, 0.6) is 5.75 Å². The van der Waals surface area contributed by atoms with E-state index >= 15 is 0 Å². The first-order chi connectivity index (χ1) is 17.0. The third kappa shape index (κ3) is 3.90. The van der Waals surface area contributed by atoms with E-state index in [-0.39, 0.29) is 53.6 Å². The van der Waals surface area contributed by atoms with Gasteiger partial charge in [0, 0.05) is 44.1 Å². The van der Waals surface area contributed by atoms with Crippen LogP contribution in [0, 0.1) is 17.3 Å². The number of rotatable bonds is 4. The molecule has 3 atom stereocenters. The van der Waals surface area contributed by atoms with Gasteiger partial charge in [0.2, 0.25) is 5.78 Å². The van der Waals surface area contributed by atoms with Crippen LogP contribution in [-0.4, -0.2) is 63.4 Å². The van der Waals surface area contributed by atoms with Gasteiger partial charge in [0.25, 0.3) is 5.91 Å². The van der Waals surface area contributed by atoms with Crippen molar-refractivity contribution in [3.8, 4) is 5.75 Å². The van der Waals surface area contributed by atoms with Crippen LogP contribution in [-0.2, 0) is 20.8 Å². The van der Waals surface area contributed by atoms with Crippen LogP contribution in [0.3, 0.4) is 0 Å². The van der Waals surface area contributed by atoms with E-state index in [1.807, 2.05) is 20.8 Å². The number of hydrogen-bond acceptors (Lipinski definition) is 9. The zero-order valence-electron chi connectivity index (χ0n) is 21.5. The standard InChI is InChI=1S/C27H32N2O8/c1-26(2,3)10-17(31)14-9-15(29(4)5)13-7-11-6-12-8-16(30)20(25(28)36)24(35)27(12,37)23(34)18(11)22(33)19(13)21(14)32/h9,11-12,32-33,35,37H,6-8,10H2,1-5H3,(H2,28,36)/t11-,12+,27+/m1/s1.